The van der Waals surface area contributed by atoms with Crippen LogP contribution >= 0.6 is 0 Å². The van der Waals surface area contributed by atoms with Crippen molar-refractivity contribution in [3.05, 3.63) is 113 Å². The molecule has 7 nitrogen and oxygen atoms in total. The van der Waals surface area contributed by atoms with E-state index in [4.69, 9.17) is 4.52 Å². The van der Waals surface area contributed by atoms with E-state index in [-0.39, 0.29) is 23.4 Å². The number of carbonyl (C=O) groups is 1. The molecule has 4 aromatic rings. The van der Waals surface area contributed by atoms with E-state index in [0.29, 0.717) is 30.1 Å². The number of anilines is 2. The first-order valence-corrected chi connectivity index (χ1v) is 13.3. The van der Waals surface area contributed by atoms with Gasteiger partial charge in [0.25, 0.3) is 5.91 Å². The zero-order chi connectivity index (χ0) is 27.4. The quantitative estimate of drug-likeness (QED) is 0.306. The molecule has 198 valence electrons. The van der Waals surface area contributed by atoms with Gasteiger partial charge in [0.15, 0.2) is 5.69 Å². The molecule has 2 N–H and O–H groups in total. The molecule has 0 spiro atoms. The summed E-state index contributed by atoms with van der Waals surface area (Å²) in [5, 5.41) is 28.7. The molecule has 1 fully saturated rings. The molecule has 5 rings (SSSR count). The van der Waals surface area contributed by atoms with Crippen molar-refractivity contribution in [3.63, 3.8) is 0 Å². The highest BCUT2D eigenvalue weighted by Crippen LogP contribution is 2.42. The van der Waals surface area contributed by atoms with Gasteiger partial charge in [-0.05, 0) is 48.1 Å². The van der Waals surface area contributed by atoms with Crippen molar-refractivity contribution in [1.29, 1.82) is 5.26 Å². The number of nitriles is 1. The standard InChI is InChI=1S/C32H32N4O3/c1-22(2)30-20-28(35-39-30)31(37)34-27-13-14-29(23(19-27)21-33)36-17-15-26(16-18-36)32(38,24-9-5-3-6-10-24)25-11-7-4-8-12-25/h3-14,19-20,22,26,38H,15-18H2,1-2H3,(H,34,37). The highest BCUT2D eigenvalue weighted by molar-refractivity contribution is 6.03. The summed E-state index contributed by atoms with van der Waals surface area (Å²) in [6.45, 7) is 5.33. The van der Waals surface area contributed by atoms with Gasteiger partial charge in [0.05, 0.1) is 11.3 Å². The number of aliphatic hydroxyl groups is 1. The fourth-order valence-corrected chi connectivity index (χ4v) is 5.40. The van der Waals surface area contributed by atoms with Crippen molar-refractivity contribution in [2.75, 3.05) is 23.3 Å². The first-order chi connectivity index (χ1) is 18.9. The van der Waals surface area contributed by atoms with E-state index >= 15 is 0 Å². The second-order valence-electron chi connectivity index (χ2n) is 10.3. The summed E-state index contributed by atoms with van der Waals surface area (Å²) >= 11 is 0. The summed E-state index contributed by atoms with van der Waals surface area (Å²) in [5.41, 5.74) is 2.70. The number of amides is 1. The van der Waals surface area contributed by atoms with Crippen LogP contribution in [0, 0.1) is 17.2 Å². The van der Waals surface area contributed by atoms with E-state index in [1.807, 2.05) is 80.6 Å². The first-order valence-electron chi connectivity index (χ1n) is 13.3. The van der Waals surface area contributed by atoms with Gasteiger partial charge in [-0.15, -0.1) is 0 Å². The predicted octanol–water partition coefficient (Wildman–Crippen LogP) is 6.07. The maximum Gasteiger partial charge on any atom is 0.277 e. The third-order valence-corrected chi connectivity index (χ3v) is 7.56. The highest BCUT2D eigenvalue weighted by Gasteiger charge is 2.41. The van der Waals surface area contributed by atoms with Crippen molar-refractivity contribution in [2.45, 2.75) is 38.2 Å². The lowest BCUT2D eigenvalue weighted by molar-refractivity contribution is 0.00505. The van der Waals surface area contributed by atoms with Crippen molar-refractivity contribution in [2.24, 2.45) is 5.92 Å². The van der Waals surface area contributed by atoms with Crippen LogP contribution in [-0.4, -0.2) is 29.3 Å². The fourth-order valence-electron chi connectivity index (χ4n) is 5.40. The number of carbonyl (C=O) groups excluding carboxylic acids is 1. The van der Waals surface area contributed by atoms with Crippen LogP contribution in [-0.2, 0) is 5.60 Å². The largest absolute Gasteiger partial charge is 0.380 e. The number of nitrogens with one attached hydrogen (secondary N) is 1. The van der Waals surface area contributed by atoms with Crippen molar-refractivity contribution < 1.29 is 14.4 Å². The van der Waals surface area contributed by atoms with Crippen LogP contribution in [0.4, 0.5) is 11.4 Å². The summed E-state index contributed by atoms with van der Waals surface area (Å²) < 4.78 is 5.23. The Morgan fingerprint density at radius 3 is 2.18 bits per heavy atom. The van der Waals surface area contributed by atoms with Crippen LogP contribution in [0.5, 0.6) is 0 Å². The van der Waals surface area contributed by atoms with Crippen LogP contribution in [0.3, 0.4) is 0 Å². The first kappa shape index (κ1) is 26.2. The molecular weight excluding hydrogens is 488 g/mol. The molecule has 0 aliphatic carbocycles. The molecule has 0 unspecified atom stereocenters. The minimum atomic E-state index is -1.10. The van der Waals surface area contributed by atoms with Crippen LogP contribution in [0.25, 0.3) is 0 Å². The Morgan fingerprint density at radius 1 is 1.03 bits per heavy atom. The number of aromatic nitrogens is 1. The van der Waals surface area contributed by atoms with Gasteiger partial charge in [0.1, 0.15) is 17.4 Å². The molecule has 2 heterocycles. The topological polar surface area (TPSA) is 102 Å². The Labute approximate surface area is 228 Å². The second kappa shape index (κ2) is 11.1. The number of hydrogen-bond acceptors (Lipinski definition) is 6. The predicted molar refractivity (Wildman–Crippen MR) is 151 cm³/mol. The van der Waals surface area contributed by atoms with E-state index in [2.05, 4.69) is 21.4 Å². The number of nitrogens with zero attached hydrogens (tertiary/aromatic N) is 3. The van der Waals surface area contributed by atoms with Crippen molar-refractivity contribution >= 4 is 17.3 Å². The molecule has 3 aromatic carbocycles. The monoisotopic (exact) mass is 520 g/mol. The Hall–Kier alpha value is -4.41. The van der Waals surface area contributed by atoms with E-state index < -0.39 is 5.60 Å². The molecule has 1 amide bonds. The molecule has 1 aliphatic rings. The molecular formula is C32H32N4O3. The third-order valence-electron chi connectivity index (χ3n) is 7.56. The normalized spacial score (nSPS) is 14.3. The highest BCUT2D eigenvalue weighted by atomic mass is 16.5. The van der Waals surface area contributed by atoms with E-state index in [1.165, 1.54) is 0 Å². The Morgan fingerprint density at radius 2 is 1.64 bits per heavy atom. The average molecular weight is 521 g/mol. The van der Waals surface area contributed by atoms with E-state index in [9.17, 15) is 15.2 Å². The van der Waals surface area contributed by atoms with E-state index in [0.717, 1.165) is 29.7 Å². The van der Waals surface area contributed by atoms with Crippen molar-refractivity contribution in [3.8, 4) is 6.07 Å². The van der Waals surface area contributed by atoms with Gasteiger partial charge >= 0.3 is 0 Å². The van der Waals surface area contributed by atoms with Crippen LogP contribution in [0.15, 0.2) is 89.5 Å². The lowest BCUT2D eigenvalue weighted by Gasteiger charge is -2.43. The van der Waals surface area contributed by atoms with E-state index in [1.54, 1.807) is 18.2 Å². The smallest absolute Gasteiger partial charge is 0.277 e. The number of rotatable bonds is 7. The van der Waals surface area contributed by atoms with Gasteiger partial charge in [0, 0.05) is 30.8 Å². The zero-order valence-corrected chi connectivity index (χ0v) is 22.2. The maximum absolute atomic E-state index is 12.6. The molecule has 0 saturated carbocycles. The van der Waals surface area contributed by atoms with Gasteiger partial charge in [-0.3, -0.25) is 4.79 Å². The molecule has 0 atom stereocenters. The van der Waals surface area contributed by atoms with Crippen LogP contribution in [0.2, 0.25) is 0 Å². The summed E-state index contributed by atoms with van der Waals surface area (Å²) in [7, 11) is 0. The summed E-state index contributed by atoms with van der Waals surface area (Å²) in [6.07, 6.45) is 1.52. The minimum absolute atomic E-state index is 0.0147. The molecule has 0 bridgehead atoms. The SMILES string of the molecule is CC(C)c1cc(C(=O)Nc2ccc(N3CCC(C(O)(c4ccccc4)c4ccccc4)CC3)c(C#N)c2)no1. The Bertz CT molecular complexity index is 1430. The Balaban J connectivity index is 1.32. The van der Waals surface area contributed by atoms with Gasteiger partial charge in [-0.2, -0.15) is 5.26 Å². The number of piperidine rings is 1. The fraction of sp³-hybridized carbons (Fsp3) is 0.281. The van der Waals surface area contributed by atoms with Gasteiger partial charge in [-0.25, -0.2) is 0 Å². The van der Waals surface area contributed by atoms with Crippen molar-refractivity contribution in [1.82, 2.24) is 5.16 Å². The number of hydrogen-bond donors (Lipinski definition) is 2. The summed E-state index contributed by atoms with van der Waals surface area (Å²) in [4.78, 5) is 14.8. The second-order valence-corrected chi connectivity index (χ2v) is 10.3. The minimum Gasteiger partial charge on any atom is -0.380 e. The number of benzene rings is 3. The van der Waals surface area contributed by atoms with Gasteiger partial charge < -0.3 is 19.8 Å². The third kappa shape index (κ3) is 5.29. The van der Waals surface area contributed by atoms with Gasteiger partial charge in [0.2, 0.25) is 0 Å². The molecule has 1 aliphatic heterocycles. The molecule has 1 saturated heterocycles. The van der Waals surface area contributed by atoms with Crippen LogP contribution < -0.4 is 10.2 Å². The lowest BCUT2D eigenvalue weighted by Crippen LogP contribution is -2.44. The summed E-state index contributed by atoms with van der Waals surface area (Å²) in [6, 6.07) is 29.0. The molecule has 0 radical (unpaired) electrons. The average Bonchev–Trinajstić information content (AvgIpc) is 3.49. The Kier molecular flexibility index (Phi) is 7.49. The van der Waals surface area contributed by atoms with Crippen LogP contribution in [0.1, 0.15) is 65.5 Å². The lowest BCUT2D eigenvalue weighted by atomic mass is 9.72. The molecule has 1 aromatic heterocycles. The zero-order valence-electron chi connectivity index (χ0n) is 22.2. The van der Waals surface area contributed by atoms with Gasteiger partial charge in [-0.1, -0.05) is 79.7 Å². The molecule has 7 heteroatoms. The summed E-state index contributed by atoms with van der Waals surface area (Å²) in [5.74, 6) is 0.400. The maximum atomic E-state index is 12.6. The molecule has 39 heavy (non-hydrogen) atoms.